The summed E-state index contributed by atoms with van der Waals surface area (Å²) in [5.74, 6) is -1.63. The molecule has 1 aromatic carbocycles. The highest BCUT2D eigenvalue weighted by Gasteiger charge is 2.23. The van der Waals surface area contributed by atoms with Gasteiger partial charge in [-0.2, -0.15) is 0 Å². The van der Waals surface area contributed by atoms with Crippen molar-refractivity contribution in [1.82, 2.24) is 20.0 Å². The van der Waals surface area contributed by atoms with Crippen molar-refractivity contribution >= 4 is 5.97 Å². The van der Waals surface area contributed by atoms with Crippen molar-refractivity contribution in [3.8, 4) is 17.1 Å². The van der Waals surface area contributed by atoms with Gasteiger partial charge >= 0.3 is 5.97 Å². The topological polar surface area (TPSA) is 80.9 Å². The zero-order valence-corrected chi connectivity index (χ0v) is 11.6. The Bertz CT molecular complexity index is 846. The normalized spacial score (nSPS) is 10.6. The fraction of sp³-hybridized carbons (Fsp3) is 0.0667. The van der Waals surface area contributed by atoms with Gasteiger partial charge in [0, 0.05) is 11.8 Å². The average molecular weight is 298 g/mol. The Morgan fingerprint density at radius 2 is 2.05 bits per heavy atom. The molecule has 0 bridgehead atoms. The lowest BCUT2D eigenvalue weighted by Crippen LogP contribution is -2.06. The van der Waals surface area contributed by atoms with Crippen LogP contribution in [0.15, 0.2) is 42.6 Å². The Balaban J connectivity index is 2.30. The number of hydrogen-bond donors (Lipinski definition) is 1. The van der Waals surface area contributed by atoms with E-state index in [2.05, 4.69) is 15.3 Å². The Kier molecular flexibility index (Phi) is 3.38. The lowest BCUT2D eigenvalue weighted by molar-refractivity contribution is 0.0691. The van der Waals surface area contributed by atoms with Gasteiger partial charge in [0.25, 0.3) is 0 Å². The van der Waals surface area contributed by atoms with E-state index in [0.717, 1.165) is 0 Å². The van der Waals surface area contributed by atoms with Crippen molar-refractivity contribution < 1.29 is 14.3 Å². The Hall–Kier alpha value is -3.09. The zero-order valence-electron chi connectivity index (χ0n) is 11.6. The van der Waals surface area contributed by atoms with Crippen molar-refractivity contribution in [3.63, 3.8) is 0 Å². The van der Waals surface area contributed by atoms with E-state index in [-0.39, 0.29) is 11.4 Å². The van der Waals surface area contributed by atoms with Gasteiger partial charge < -0.3 is 5.11 Å². The maximum Gasteiger partial charge on any atom is 0.358 e. The number of carbonyl (C=O) groups is 1. The standard InChI is InChI=1S/C15H11FN4O2/c1-9-10(16)5-4-7-12(9)20-14(11-6-2-3-8-17-11)13(15(21)22)18-19-20/h2-8H,1H3,(H,21,22). The highest BCUT2D eigenvalue weighted by atomic mass is 19.1. The van der Waals surface area contributed by atoms with E-state index >= 15 is 0 Å². The number of aromatic carboxylic acids is 1. The van der Waals surface area contributed by atoms with Crippen LogP contribution in [-0.2, 0) is 0 Å². The SMILES string of the molecule is Cc1c(F)cccc1-n1nnc(C(=O)O)c1-c1ccccn1. The molecule has 0 aliphatic rings. The molecule has 110 valence electrons. The number of rotatable bonds is 3. The number of pyridine rings is 1. The second-order valence-corrected chi connectivity index (χ2v) is 4.60. The molecule has 2 heterocycles. The minimum atomic E-state index is -1.22. The summed E-state index contributed by atoms with van der Waals surface area (Å²) in [4.78, 5) is 15.5. The smallest absolute Gasteiger partial charge is 0.358 e. The van der Waals surface area contributed by atoms with Gasteiger partial charge in [0.1, 0.15) is 11.5 Å². The van der Waals surface area contributed by atoms with E-state index < -0.39 is 11.8 Å². The first-order valence-corrected chi connectivity index (χ1v) is 6.45. The molecule has 22 heavy (non-hydrogen) atoms. The number of carboxylic acid groups (broad SMARTS) is 1. The quantitative estimate of drug-likeness (QED) is 0.803. The molecule has 3 aromatic rings. The second kappa shape index (κ2) is 5.36. The molecule has 0 aliphatic heterocycles. The van der Waals surface area contributed by atoms with Crippen molar-refractivity contribution in [3.05, 3.63) is 59.7 Å². The number of benzene rings is 1. The van der Waals surface area contributed by atoms with Gasteiger partial charge in [-0.1, -0.05) is 17.3 Å². The first-order valence-electron chi connectivity index (χ1n) is 6.45. The third kappa shape index (κ3) is 2.22. The summed E-state index contributed by atoms with van der Waals surface area (Å²) in [7, 11) is 0. The minimum Gasteiger partial charge on any atom is -0.476 e. The highest BCUT2D eigenvalue weighted by molar-refractivity contribution is 5.92. The Labute approximate surface area is 124 Å². The molecule has 0 spiro atoms. The molecule has 3 rings (SSSR count). The lowest BCUT2D eigenvalue weighted by Gasteiger charge is -2.09. The largest absolute Gasteiger partial charge is 0.476 e. The molecule has 6 nitrogen and oxygen atoms in total. The van der Waals surface area contributed by atoms with Crippen LogP contribution in [-0.4, -0.2) is 31.1 Å². The number of carboxylic acids is 1. The fourth-order valence-corrected chi connectivity index (χ4v) is 2.15. The van der Waals surface area contributed by atoms with Crippen LogP contribution in [0.3, 0.4) is 0 Å². The molecule has 0 unspecified atom stereocenters. The molecule has 0 saturated carbocycles. The van der Waals surface area contributed by atoms with Crippen molar-refractivity contribution in [2.45, 2.75) is 6.92 Å². The van der Waals surface area contributed by atoms with Crippen molar-refractivity contribution in [1.29, 1.82) is 0 Å². The molecule has 0 amide bonds. The van der Waals surface area contributed by atoms with Crippen LogP contribution in [0.5, 0.6) is 0 Å². The Morgan fingerprint density at radius 1 is 1.23 bits per heavy atom. The van der Waals surface area contributed by atoms with E-state index in [1.54, 1.807) is 31.2 Å². The molecule has 0 saturated heterocycles. The van der Waals surface area contributed by atoms with Crippen LogP contribution >= 0.6 is 0 Å². The van der Waals surface area contributed by atoms with Gasteiger partial charge in [0.2, 0.25) is 0 Å². The summed E-state index contributed by atoms with van der Waals surface area (Å²) in [5.41, 5.74) is 1.14. The van der Waals surface area contributed by atoms with Gasteiger partial charge in [-0.25, -0.2) is 13.9 Å². The maximum atomic E-state index is 13.8. The first-order chi connectivity index (χ1) is 10.6. The van der Waals surface area contributed by atoms with E-state index in [1.165, 1.54) is 23.0 Å². The summed E-state index contributed by atoms with van der Waals surface area (Å²) in [6, 6.07) is 9.59. The van der Waals surface area contributed by atoms with Gasteiger partial charge in [0.05, 0.1) is 11.4 Å². The van der Waals surface area contributed by atoms with Crippen LogP contribution in [0.4, 0.5) is 4.39 Å². The molecule has 1 N–H and O–H groups in total. The third-order valence-corrected chi connectivity index (χ3v) is 3.25. The number of hydrogen-bond acceptors (Lipinski definition) is 4. The predicted octanol–water partition coefficient (Wildman–Crippen LogP) is 2.48. The minimum absolute atomic E-state index is 0.210. The van der Waals surface area contributed by atoms with E-state index in [0.29, 0.717) is 16.9 Å². The second-order valence-electron chi connectivity index (χ2n) is 4.60. The molecule has 0 aliphatic carbocycles. The monoisotopic (exact) mass is 298 g/mol. The molecule has 7 heteroatoms. The van der Waals surface area contributed by atoms with Crippen LogP contribution in [0.1, 0.15) is 16.1 Å². The summed E-state index contributed by atoms with van der Waals surface area (Å²) in [5, 5.41) is 16.8. The van der Waals surface area contributed by atoms with Gasteiger partial charge in [-0.15, -0.1) is 5.10 Å². The predicted molar refractivity (Wildman–Crippen MR) is 76.2 cm³/mol. The van der Waals surface area contributed by atoms with E-state index in [4.69, 9.17) is 0 Å². The fourth-order valence-electron chi connectivity index (χ4n) is 2.15. The van der Waals surface area contributed by atoms with E-state index in [1.807, 2.05) is 0 Å². The number of nitrogens with zero attached hydrogens (tertiary/aromatic N) is 4. The first kappa shape index (κ1) is 13.9. The number of aromatic nitrogens is 4. The molecule has 0 fully saturated rings. The molecular weight excluding hydrogens is 287 g/mol. The molecule has 0 atom stereocenters. The summed E-state index contributed by atoms with van der Waals surface area (Å²) in [6.45, 7) is 1.59. The highest BCUT2D eigenvalue weighted by Crippen LogP contribution is 2.25. The third-order valence-electron chi connectivity index (χ3n) is 3.25. The van der Waals surface area contributed by atoms with Crippen LogP contribution in [0, 0.1) is 12.7 Å². The maximum absolute atomic E-state index is 13.8. The van der Waals surface area contributed by atoms with Crippen LogP contribution in [0.25, 0.3) is 17.1 Å². The Morgan fingerprint density at radius 3 is 2.73 bits per heavy atom. The van der Waals surface area contributed by atoms with Gasteiger partial charge in [-0.3, -0.25) is 4.98 Å². The summed E-state index contributed by atoms with van der Waals surface area (Å²) < 4.78 is 15.1. The number of halogens is 1. The molecule has 0 radical (unpaired) electrons. The van der Waals surface area contributed by atoms with Gasteiger partial charge in [0.15, 0.2) is 5.69 Å². The molecular formula is C15H11FN4O2. The van der Waals surface area contributed by atoms with E-state index in [9.17, 15) is 14.3 Å². The molecule has 2 aromatic heterocycles. The van der Waals surface area contributed by atoms with Crippen LogP contribution in [0.2, 0.25) is 0 Å². The van der Waals surface area contributed by atoms with Crippen molar-refractivity contribution in [2.24, 2.45) is 0 Å². The average Bonchev–Trinajstić information content (AvgIpc) is 2.96. The lowest BCUT2D eigenvalue weighted by atomic mass is 10.1. The van der Waals surface area contributed by atoms with Gasteiger partial charge in [-0.05, 0) is 31.2 Å². The van der Waals surface area contributed by atoms with Crippen molar-refractivity contribution in [2.75, 3.05) is 0 Å². The summed E-state index contributed by atoms with van der Waals surface area (Å²) in [6.07, 6.45) is 1.54. The summed E-state index contributed by atoms with van der Waals surface area (Å²) >= 11 is 0. The van der Waals surface area contributed by atoms with Crippen LogP contribution < -0.4 is 0 Å². The zero-order chi connectivity index (χ0) is 15.7.